The molecular weight excluding hydrogens is 337 g/mol. The van der Waals surface area contributed by atoms with Crippen LogP contribution in [0.3, 0.4) is 0 Å². The second-order valence-electron chi connectivity index (χ2n) is 4.67. The molecule has 4 nitrogen and oxygen atoms in total. The van der Waals surface area contributed by atoms with Crippen molar-refractivity contribution < 1.29 is 14.3 Å². The number of benzene rings is 2. The summed E-state index contributed by atoms with van der Waals surface area (Å²) in [7, 11) is 0. The van der Waals surface area contributed by atoms with Crippen LogP contribution in [0.25, 0.3) is 0 Å². The first-order chi connectivity index (χ1) is 11.1. The smallest absolute Gasteiger partial charge is 0.432 e. The summed E-state index contributed by atoms with van der Waals surface area (Å²) in [6, 6.07) is 14.7. The molecule has 0 radical (unpaired) electrons. The van der Waals surface area contributed by atoms with Gasteiger partial charge in [0.15, 0.2) is 5.75 Å². The monoisotopic (exact) mass is 353 g/mol. The molecule has 6 heteroatoms. The fourth-order valence-corrected chi connectivity index (χ4v) is 2.52. The van der Waals surface area contributed by atoms with Gasteiger partial charge in [-0.3, -0.25) is 0 Å². The van der Waals surface area contributed by atoms with E-state index in [9.17, 15) is 4.79 Å². The fraction of sp³-hybridized carbons (Fsp3) is 0.235. The molecular formula is C17H17Cl2NO3. The Bertz CT molecular complexity index is 629. The number of halogens is 2. The van der Waals surface area contributed by atoms with Crippen molar-refractivity contribution in [3.05, 3.63) is 58.6 Å². The lowest BCUT2D eigenvalue weighted by molar-refractivity contribution is 0.101. The quantitative estimate of drug-likeness (QED) is 0.538. The summed E-state index contributed by atoms with van der Waals surface area (Å²) in [5.41, 5.74) is 1.07. The van der Waals surface area contributed by atoms with E-state index in [1.807, 2.05) is 37.3 Å². The van der Waals surface area contributed by atoms with Crippen LogP contribution in [-0.2, 0) is 4.74 Å². The number of carbonyl (C=O) groups excluding carboxylic acids is 1. The van der Waals surface area contributed by atoms with Gasteiger partial charge in [-0.2, -0.15) is 0 Å². The molecule has 2 aromatic rings. The van der Waals surface area contributed by atoms with Crippen molar-refractivity contribution in [3.63, 3.8) is 0 Å². The molecule has 0 N–H and O–H groups in total. The lowest BCUT2D eigenvalue weighted by Gasteiger charge is -2.22. The van der Waals surface area contributed by atoms with Gasteiger partial charge in [-0.05, 0) is 31.2 Å². The molecule has 0 unspecified atom stereocenters. The average molecular weight is 354 g/mol. The Morgan fingerprint density at radius 2 is 1.70 bits per heavy atom. The minimum Gasteiger partial charge on any atom is -0.432 e. The van der Waals surface area contributed by atoms with E-state index < -0.39 is 6.16 Å². The predicted molar refractivity (Wildman–Crippen MR) is 92.8 cm³/mol. The van der Waals surface area contributed by atoms with Gasteiger partial charge in [-0.25, -0.2) is 4.79 Å². The van der Waals surface area contributed by atoms with Crippen molar-refractivity contribution >= 4 is 35.0 Å². The molecule has 0 spiro atoms. The fourth-order valence-electron chi connectivity index (χ4n) is 2.04. The minimum absolute atomic E-state index is 0.108. The number of rotatable bonds is 6. The van der Waals surface area contributed by atoms with Crippen LogP contribution in [0.4, 0.5) is 10.5 Å². The summed E-state index contributed by atoms with van der Waals surface area (Å²) in [6.45, 7) is 3.60. The van der Waals surface area contributed by atoms with Crippen LogP contribution in [0, 0.1) is 0 Å². The number of nitrogens with zero attached hydrogens (tertiary/aromatic N) is 1. The third-order valence-corrected chi connectivity index (χ3v) is 3.78. The Hall–Kier alpha value is -1.91. The largest absolute Gasteiger partial charge is 0.514 e. The van der Waals surface area contributed by atoms with Crippen LogP contribution in [0.15, 0.2) is 48.5 Å². The summed E-state index contributed by atoms with van der Waals surface area (Å²) in [5.74, 6) is 0.108. The third kappa shape index (κ3) is 5.05. The summed E-state index contributed by atoms with van der Waals surface area (Å²) >= 11 is 11.9. The van der Waals surface area contributed by atoms with Gasteiger partial charge >= 0.3 is 6.16 Å². The Balaban J connectivity index is 1.85. The number of anilines is 1. The first kappa shape index (κ1) is 17.4. The maximum atomic E-state index is 11.7. The molecule has 0 aliphatic rings. The van der Waals surface area contributed by atoms with E-state index in [0.717, 1.165) is 12.2 Å². The van der Waals surface area contributed by atoms with Crippen molar-refractivity contribution in [1.29, 1.82) is 0 Å². The molecule has 0 aliphatic heterocycles. The van der Waals surface area contributed by atoms with Gasteiger partial charge in [0.2, 0.25) is 0 Å². The van der Waals surface area contributed by atoms with Crippen LogP contribution in [0.1, 0.15) is 6.92 Å². The minimum atomic E-state index is -0.830. The van der Waals surface area contributed by atoms with Crippen molar-refractivity contribution in [1.82, 2.24) is 0 Å². The van der Waals surface area contributed by atoms with Crippen LogP contribution < -0.4 is 9.64 Å². The second-order valence-corrected chi connectivity index (χ2v) is 5.48. The highest BCUT2D eigenvalue weighted by molar-refractivity contribution is 6.37. The summed E-state index contributed by atoms with van der Waals surface area (Å²) in [6.07, 6.45) is -0.830. The molecule has 0 aromatic heterocycles. The molecule has 0 amide bonds. The zero-order valence-electron chi connectivity index (χ0n) is 12.7. The van der Waals surface area contributed by atoms with Crippen LogP contribution in [0.2, 0.25) is 10.0 Å². The first-order valence-electron chi connectivity index (χ1n) is 7.20. The van der Waals surface area contributed by atoms with Gasteiger partial charge < -0.3 is 14.4 Å². The predicted octanol–water partition coefficient (Wildman–Crippen LogP) is 5.04. The van der Waals surface area contributed by atoms with Crippen LogP contribution >= 0.6 is 23.2 Å². The average Bonchev–Trinajstić information content (AvgIpc) is 2.56. The Morgan fingerprint density at radius 3 is 2.30 bits per heavy atom. The molecule has 0 aliphatic carbocycles. The van der Waals surface area contributed by atoms with Crippen molar-refractivity contribution in [2.75, 3.05) is 24.6 Å². The zero-order chi connectivity index (χ0) is 16.7. The van der Waals surface area contributed by atoms with Gasteiger partial charge in [-0.15, -0.1) is 0 Å². The lowest BCUT2D eigenvalue weighted by atomic mass is 10.3. The van der Waals surface area contributed by atoms with Crippen LogP contribution in [0.5, 0.6) is 5.75 Å². The van der Waals surface area contributed by atoms with Crippen molar-refractivity contribution in [3.8, 4) is 5.75 Å². The van der Waals surface area contributed by atoms with E-state index in [2.05, 4.69) is 4.90 Å². The molecule has 2 aromatic carbocycles. The van der Waals surface area contributed by atoms with E-state index in [4.69, 9.17) is 32.7 Å². The topological polar surface area (TPSA) is 38.8 Å². The van der Waals surface area contributed by atoms with Crippen LogP contribution in [-0.4, -0.2) is 25.9 Å². The SMILES string of the molecule is CCN(CCOC(=O)Oc1c(Cl)cccc1Cl)c1ccccc1. The molecule has 0 saturated heterocycles. The number of ether oxygens (including phenoxy) is 2. The zero-order valence-corrected chi connectivity index (χ0v) is 14.2. The molecule has 0 bridgehead atoms. The second kappa shape index (κ2) is 8.65. The Kier molecular flexibility index (Phi) is 6.56. The maximum Gasteiger partial charge on any atom is 0.514 e. The molecule has 122 valence electrons. The highest BCUT2D eigenvalue weighted by atomic mass is 35.5. The molecule has 0 heterocycles. The van der Waals surface area contributed by atoms with Crippen molar-refractivity contribution in [2.24, 2.45) is 0 Å². The highest BCUT2D eigenvalue weighted by Gasteiger charge is 2.13. The van der Waals surface area contributed by atoms with E-state index in [1.54, 1.807) is 18.2 Å². The highest BCUT2D eigenvalue weighted by Crippen LogP contribution is 2.32. The molecule has 2 rings (SSSR count). The number of para-hydroxylation sites is 2. The Labute approximate surface area is 145 Å². The molecule has 0 atom stereocenters. The van der Waals surface area contributed by atoms with E-state index in [-0.39, 0.29) is 22.4 Å². The number of likely N-dealkylation sites (N-methyl/N-ethyl adjacent to an activating group) is 1. The van der Waals surface area contributed by atoms with Crippen molar-refractivity contribution in [2.45, 2.75) is 6.92 Å². The van der Waals surface area contributed by atoms with E-state index in [0.29, 0.717) is 6.54 Å². The first-order valence-corrected chi connectivity index (χ1v) is 7.96. The number of hydrogen-bond acceptors (Lipinski definition) is 4. The van der Waals surface area contributed by atoms with E-state index >= 15 is 0 Å². The maximum absolute atomic E-state index is 11.7. The van der Waals surface area contributed by atoms with E-state index in [1.165, 1.54) is 0 Å². The van der Waals surface area contributed by atoms with Gasteiger partial charge in [0, 0.05) is 12.2 Å². The van der Waals surface area contributed by atoms with Gasteiger partial charge in [0.05, 0.1) is 16.6 Å². The molecule has 0 fully saturated rings. The summed E-state index contributed by atoms with van der Waals surface area (Å²) < 4.78 is 10.1. The number of hydrogen-bond donors (Lipinski definition) is 0. The molecule has 0 saturated carbocycles. The number of carbonyl (C=O) groups is 1. The van der Waals surface area contributed by atoms with Gasteiger partial charge in [-0.1, -0.05) is 47.5 Å². The summed E-state index contributed by atoms with van der Waals surface area (Å²) in [4.78, 5) is 13.8. The Morgan fingerprint density at radius 1 is 1.04 bits per heavy atom. The van der Waals surface area contributed by atoms with Gasteiger partial charge in [0.25, 0.3) is 0 Å². The summed E-state index contributed by atoms with van der Waals surface area (Å²) in [5, 5.41) is 0.517. The third-order valence-electron chi connectivity index (χ3n) is 3.19. The lowest BCUT2D eigenvalue weighted by Crippen LogP contribution is -2.28. The normalized spacial score (nSPS) is 10.2. The molecule has 23 heavy (non-hydrogen) atoms. The van der Waals surface area contributed by atoms with Gasteiger partial charge in [0.1, 0.15) is 6.61 Å². The standard InChI is InChI=1S/C17H17Cl2NO3/c1-2-20(13-7-4-3-5-8-13)11-12-22-17(21)23-16-14(18)9-6-10-15(16)19/h3-10H,2,11-12H2,1H3.